The van der Waals surface area contributed by atoms with Gasteiger partial charge in [0.05, 0.1) is 13.2 Å². The Bertz CT molecular complexity index is 632. The molecule has 2 rings (SSSR count). The number of ether oxygens (including phenoxy) is 1. The zero-order valence-corrected chi connectivity index (χ0v) is 13.6. The van der Waals surface area contributed by atoms with Gasteiger partial charge in [0.15, 0.2) is 0 Å². The molecule has 0 fully saturated rings. The van der Waals surface area contributed by atoms with Gasteiger partial charge in [0.2, 0.25) is 0 Å². The average Bonchev–Trinajstić information content (AvgIpc) is 2.54. The molecule has 0 saturated carbocycles. The summed E-state index contributed by atoms with van der Waals surface area (Å²) in [5, 5.41) is 3.02. The largest absolute Gasteiger partial charge is 0.497 e. The van der Waals surface area contributed by atoms with Crippen LogP contribution in [0, 0.1) is 0 Å². The second-order valence-electron chi connectivity index (χ2n) is 5.75. The molecule has 116 valence electrons. The molecule has 1 N–H and O–H groups in total. The Hall–Kier alpha value is -2.29. The fourth-order valence-electron chi connectivity index (χ4n) is 2.30. The zero-order valence-electron chi connectivity index (χ0n) is 13.6. The number of methoxy groups -OCH3 is 1. The molecule has 2 aromatic rings. The Morgan fingerprint density at radius 1 is 1.00 bits per heavy atom. The topological polar surface area (TPSA) is 38.3 Å². The van der Waals surface area contributed by atoms with Crippen LogP contribution in [0.15, 0.2) is 48.5 Å². The summed E-state index contributed by atoms with van der Waals surface area (Å²) in [6, 6.07) is 15.5. The lowest BCUT2D eigenvalue weighted by molar-refractivity contribution is 0.0939. The quantitative estimate of drug-likeness (QED) is 0.893. The molecule has 0 heterocycles. The molecule has 0 bridgehead atoms. The summed E-state index contributed by atoms with van der Waals surface area (Å²) in [5.74, 6) is 1.09. The van der Waals surface area contributed by atoms with Gasteiger partial charge in [-0.05, 0) is 42.2 Å². The van der Waals surface area contributed by atoms with Gasteiger partial charge >= 0.3 is 0 Å². The maximum absolute atomic E-state index is 12.3. The molecule has 3 nitrogen and oxygen atoms in total. The molecular weight excluding hydrogens is 274 g/mol. The van der Waals surface area contributed by atoms with Crippen molar-refractivity contribution < 1.29 is 9.53 Å². The van der Waals surface area contributed by atoms with Gasteiger partial charge in [0, 0.05) is 5.56 Å². The minimum absolute atomic E-state index is 0.0417. The summed E-state index contributed by atoms with van der Waals surface area (Å²) in [6.07, 6.45) is 0. The smallest absolute Gasteiger partial charge is 0.251 e. The van der Waals surface area contributed by atoms with Gasteiger partial charge in [0.1, 0.15) is 5.75 Å². The van der Waals surface area contributed by atoms with Crippen LogP contribution in [0.4, 0.5) is 0 Å². The highest BCUT2D eigenvalue weighted by Gasteiger charge is 2.12. The van der Waals surface area contributed by atoms with E-state index < -0.39 is 0 Å². The molecule has 0 radical (unpaired) electrons. The number of carbonyl (C=O) groups excluding carboxylic acids is 1. The van der Waals surface area contributed by atoms with Crippen LogP contribution < -0.4 is 10.1 Å². The second kappa shape index (κ2) is 7.12. The van der Waals surface area contributed by atoms with Crippen molar-refractivity contribution in [2.24, 2.45) is 0 Å². The maximum atomic E-state index is 12.3. The highest BCUT2D eigenvalue weighted by molar-refractivity contribution is 5.94. The van der Waals surface area contributed by atoms with Crippen LogP contribution in [0.3, 0.4) is 0 Å². The van der Waals surface area contributed by atoms with Crippen molar-refractivity contribution in [3.63, 3.8) is 0 Å². The van der Waals surface area contributed by atoms with E-state index in [9.17, 15) is 4.79 Å². The molecule has 1 unspecified atom stereocenters. The predicted molar refractivity (Wildman–Crippen MR) is 89.4 cm³/mol. The van der Waals surface area contributed by atoms with Crippen LogP contribution in [0.25, 0.3) is 0 Å². The Kier molecular flexibility index (Phi) is 5.21. The van der Waals surface area contributed by atoms with Crippen LogP contribution >= 0.6 is 0 Å². The third-order valence-electron chi connectivity index (χ3n) is 3.78. The minimum Gasteiger partial charge on any atom is -0.497 e. The molecular formula is C19H23NO2. The van der Waals surface area contributed by atoms with E-state index in [0.717, 1.165) is 5.56 Å². The van der Waals surface area contributed by atoms with Gasteiger partial charge in [-0.25, -0.2) is 0 Å². The highest BCUT2D eigenvalue weighted by Crippen LogP contribution is 2.19. The van der Waals surface area contributed by atoms with Crippen LogP contribution in [-0.4, -0.2) is 13.0 Å². The number of amides is 1. The van der Waals surface area contributed by atoms with Crippen molar-refractivity contribution in [2.45, 2.75) is 32.7 Å². The molecule has 0 saturated heterocycles. The summed E-state index contributed by atoms with van der Waals surface area (Å²) in [6.45, 7) is 6.33. The van der Waals surface area contributed by atoms with E-state index >= 15 is 0 Å². The number of hydrogen-bond donors (Lipinski definition) is 1. The van der Waals surface area contributed by atoms with E-state index in [4.69, 9.17) is 4.74 Å². The van der Waals surface area contributed by atoms with Crippen LogP contribution in [0.5, 0.6) is 5.75 Å². The standard InChI is InChI=1S/C19H23NO2/c1-13(2)15-8-10-16(11-9-15)14(3)20-19(21)17-6-5-7-18(12-17)22-4/h5-14H,1-4H3,(H,20,21). The van der Waals surface area contributed by atoms with E-state index in [0.29, 0.717) is 17.2 Å². The number of nitrogens with one attached hydrogen (secondary N) is 1. The number of benzene rings is 2. The Morgan fingerprint density at radius 2 is 1.64 bits per heavy atom. The van der Waals surface area contributed by atoms with Crippen molar-refractivity contribution in [2.75, 3.05) is 7.11 Å². The molecule has 0 aromatic heterocycles. The van der Waals surface area contributed by atoms with Gasteiger partial charge in [-0.2, -0.15) is 0 Å². The third kappa shape index (κ3) is 3.88. The Balaban J connectivity index is 2.07. The van der Waals surface area contributed by atoms with Gasteiger partial charge in [-0.15, -0.1) is 0 Å². The SMILES string of the molecule is COc1cccc(C(=O)NC(C)c2ccc(C(C)C)cc2)c1. The lowest BCUT2D eigenvalue weighted by Gasteiger charge is -2.16. The predicted octanol–water partition coefficient (Wildman–Crippen LogP) is 4.31. The monoisotopic (exact) mass is 297 g/mol. The van der Waals surface area contributed by atoms with E-state index in [-0.39, 0.29) is 11.9 Å². The third-order valence-corrected chi connectivity index (χ3v) is 3.78. The summed E-state index contributed by atoms with van der Waals surface area (Å²) in [5.41, 5.74) is 3.00. The van der Waals surface area contributed by atoms with Gasteiger partial charge in [-0.3, -0.25) is 4.79 Å². The molecule has 1 atom stereocenters. The average molecular weight is 297 g/mol. The van der Waals surface area contributed by atoms with Crippen molar-refractivity contribution >= 4 is 5.91 Å². The van der Waals surface area contributed by atoms with Gasteiger partial charge in [0.25, 0.3) is 5.91 Å². The van der Waals surface area contributed by atoms with E-state index in [2.05, 4.69) is 43.4 Å². The number of hydrogen-bond acceptors (Lipinski definition) is 2. The fourth-order valence-corrected chi connectivity index (χ4v) is 2.30. The Morgan fingerprint density at radius 3 is 2.23 bits per heavy atom. The summed E-state index contributed by atoms with van der Waals surface area (Å²) in [4.78, 5) is 12.3. The Labute approximate surface area is 132 Å². The first-order valence-corrected chi connectivity index (χ1v) is 7.56. The van der Waals surface area contributed by atoms with Crippen molar-refractivity contribution in [1.82, 2.24) is 5.32 Å². The van der Waals surface area contributed by atoms with Crippen molar-refractivity contribution in [3.05, 3.63) is 65.2 Å². The second-order valence-corrected chi connectivity index (χ2v) is 5.75. The molecule has 0 aliphatic carbocycles. The first-order valence-electron chi connectivity index (χ1n) is 7.56. The summed E-state index contributed by atoms with van der Waals surface area (Å²) < 4.78 is 5.15. The molecule has 0 aliphatic heterocycles. The first-order chi connectivity index (χ1) is 10.5. The normalized spacial score (nSPS) is 12.0. The summed E-state index contributed by atoms with van der Waals surface area (Å²) >= 11 is 0. The van der Waals surface area contributed by atoms with Crippen LogP contribution in [0.2, 0.25) is 0 Å². The number of rotatable bonds is 5. The van der Waals surface area contributed by atoms with E-state index in [1.807, 2.05) is 19.1 Å². The van der Waals surface area contributed by atoms with Crippen LogP contribution in [-0.2, 0) is 0 Å². The molecule has 0 aliphatic rings. The molecule has 22 heavy (non-hydrogen) atoms. The highest BCUT2D eigenvalue weighted by atomic mass is 16.5. The fraction of sp³-hybridized carbons (Fsp3) is 0.316. The van der Waals surface area contributed by atoms with Crippen LogP contribution in [0.1, 0.15) is 54.2 Å². The summed E-state index contributed by atoms with van der Waals surface area (Å²) in [7, 11) is 1.59. The van der Waals surface area contributed by atoms with E-state index in [1.165, 1.54) is 5.56 Å². The minimum atomic E-state index is -0.0978. The van der Waals surface area contributed by atoms with Gasteiger partial charge in [-0.1, -0.05) is 44.2 Å². The number of carbonyl (C=O) groups is 1. The van der Waals surface area contributed by atoms with Gasteiger partial charge < -0.3 is 10.1 Å². The lowest BCUT2D eigenvalue weighted by Crippen LogP contribution is -2.26. The first kappa shape index (κ1) is 16.1. The van der Waals surface area contributed by atoms with E-state index in [1.54, 1.807) is 19.2 Å². The maximum Gasteiger partial charge on any atom is 0.251 e. The zero-order chi connectivity index (χ0) is 16.1. The molecule has 0 spiro atoms. The molecule has 3 heteroatoms. The molecule has 2 aromatic carbocycles. The molecule has 1 amide bonds. The lowest BCUT2D eigenvalue weighted by atomic mass is 9.99. The van der Waals surface area contributed by atoms with Crippen molar-refractivity contribution in [3.8, 4) is 5.75 Å². The van der Waals surface area contributed by atoms with Crippen molar-refractivity contribution in [1.29, 1.82) is 0 Å².